The number of esters is 1. The highest BCUT2D eigenvalue weighted by Crippen LogP contribution is 2.12. The van der Waals surface area contributed by atoms with Crippen molar-refractivity contribution in [3.8, 4) is 5.69 Å². The smallest absolute Gasteiger partial charge is 0.360 e. The van der Waals surface area contributed by atoms with Gasteiger partial charge in [-0.1, -0.05) is 25.1 Å². The maximum Gasteiger partial charge on any atom is 0.360 e. The van der Waals surface area contributed by atoms with Gasteiger partial charge < -0.3 is 4.74 Å². The SMILES string of the molecule is CCc1nc(COC(=O)c2cnn(-c3ccccc3)n2)cs1. The molecule has 1 aromatic carbocycles. The summed E-state index contributed by atoms with van der Waals surface area (Å²) in [6.07, 6.45) is 2.28. The second-order valence-corrected chi connectivity index (χ2v) is 5.46. The van der Waals surface area contributed by atoms with Gasteiger partial charge in [0.05, 0.1) is 22.6 Å². The normalized spacial score (nSPS) is 10.6. The fourth-order valence-electron chi connectivity index (χ4n) is 1.83. The molecule has 7 heteroatoms. The van der Waals surface area contributed by atoms with Crippen molar-refractivity contribution < 1.29 is 9.53 Å². The van der Waals surface area contributed by atoms with Crippen molar-refractivity contribution in [3.05, 3.63) is 58.3 Å². The molecule has 0 saturated carbocycles. The number of rotatable bonds is 5. The third-order valence-electron chi connectivity index (χ3n) is 2.94. The van der Waals surface area contributed by atoms with Crippen molar-refractivity contribution in [1.29, 1.82) is 0 Å². The van der Waals surface area contributed by atoms with Crippen LogP contribution in [-0.2, 0) is 17.8 Å². The molecule has 0 unspecified atom stereocenters. The number of carbonyl (C=O) groups excluding carboxylic acids is 1. The van der Waals surface area contributed by atoms with Gasteiger partial charge in [0.2, 0.25) is 0 Å². The van der Waals surface area contributed by atoms with Crippen molar-refractivity contribution in [3.63, 3.8) is 0 Å². The van der Waals surface area contributed by atoms with Crippen LogP contribution in [0.25, 0.3) is 5.69 Å². The molecule has 0 spiro atoms. The zero-order chi connectivity index (χ0) is 15.4. The highest BCUT2D eigenvalue weighted by molar-refractivity contribution is 7.09. The Morgan fingerprint density at radius 1 is 1.32 bits per heavy atom. The number of nitrogens with zero attached hydrogens (tertiary/aromatic N) is 4. The van der Waals surface area contributed by atoms with Crippen LogP contribution in [0.5, 0.6) is 0 Å². The van der Waals surface area contributed by atoms with Gasteiger partial charge in [0, 0.05) is 5.38 Å². The molecule has 0 saturated heterocycles. The monoisotopic (exact) mass is 314 g/mol. The average Bonchev–Trinajstić information content (AvgIpc) is 3.22. The molecular formula is C15H14N4O2S. The minimum absolute atomic E-state index is 0.146. The van der Waals surface area contributed by atoms with Crippen LogP contribution < -0.4 is 0 Å². The minimum atomic E-state index is -0.506. The molecule has 22 heavy (non-hydrogen) atoms. The lowest BCUT2D eigenvalue weighted by molar-refractivity contribution is 0.0460. The Labute approximate surface area is 131 Å². The molecule has 2 heterocycles. The van der Waals surface area contributed by atoms with E-state index in [1.54, 1.807) is 11.3 Å². The third kappa shape index (κ3) is 3.20. The van der Waals surface area contributed by atoms with E-state index in [9.17, 15) is 4.79 Å². The summed E-state index contributed by atoms with van der Waals surface area (Å²) in [5, 5.41) is 11.1. The van der Waals surface area contributed by atoms with Crippen molar-refractivity contribution in [2.45, 2.75) is 20.0 Å². The van der Waals surface area contributed by atoms with Gasteiger partial charge in [-0.05, 0) is 18.6 Å². The summed E-state index contributed by atoms with van der Waals surface area (Å²) in [7, 11) is 0. The van der Waals surface area contributed by atoms with E-state index in [1.165, 1.54) is 11.0 Å². The standard InChI is InChI=1S/C15H14N4O2S/c1-2-14-17-11(10-22-14)9-21-15(20)13-8-16-19(18-13)12-6-4-3-5-7-12/h3-8,10H,2,9H2,1H3. The van der Waals surface area contributed by atoms with E-state index < -0.39 is 5.97 Å². The number of para-hydroxylation sites is 1. The predicted molar refractivity (Wildman–Crippen MR) is 82.0 cm³/mol. The Morgan fingerprint density at radius 3 is 2.86 bits per heavy atom. The summed E-state index contributed by atoms with van der Waals surface area (Å²) in [5.41, 5.74) is 1.72. The number of benzene rings is 1. The van der Waals surface area contributed by atoms with Gasteiger partial charge in [-0.2, -0.15) is 9.90 Å². The van der Waals surface area contributed by atoms with Crippen LogP contribution in [0.3, 0.4) is 0 Å². The van der Waals surface area contributed by atoms with E-state index in [1.807, 2.05) is 42.6 Å². The van der Waals surface area contributed by atoms with Gasteiger partial charge in [0.25, 0.3) is 0 Å². The summed E-state index contributed by atoms with van der Waals surface area (Å²) in [5.74, 6) is -0.506. The summed E-state index contributed by atoms with van der Waals surface area (Å²) >= 11 is 1.56. The summed E-state index contributed by atoms with van der Waals surface area (Å²) in [6, 6.07) is 9.38. The molecular weight excluding hydrogens is 300 g/mol. The second-order valence-electron chi connectivity index (χ2n) is 4.52. The van der Waals surface area contributed by atoms with Gasteiger partial charge in [-0.15, -0.1) is 16.4 Å². The molecule has 0 N–H and O–H groups in total. The Bertz CT molecular complexity index is 767. The number of carbonyl (C=O) groups is 1. The Kier molecular flexibility index (Phi) is 4.24. The maximum atomic E-state index is 12.0. The number of aromatic nitrogens is 4. The highest BCUT2D eigenvalue weighted by Gasteiger charge is 2.14. The molecule has 112 valence electrons. The van der Waals surface area contributed by atoms with Crippen LogP contribution in [-0.4, -0.2) is 25.9 Å². The Morgan fingerprint density at radius 2 is 2.14 bits per heavy atom. The number of hydrogen-bond donors (Lipinski definition) is 0. The number of hydrogen-bond acceptors (Lipinski definition) is 6. The predicted octanol–water partition coefficient (Wildman–Crippen LogP) is 2.64. The first-order chi connectivity index (χ1) is 10.8. The largest absolute Gasteiger partial charge is 0.454 e. The van der Waals surface area contributed by atoms with Crippen LogP contribution in [0, 0.1) is 0 Å². The first-order valence-electron chi connectivity index (χ1n) is 6.84. The van der Waals surface area contributed by atoms with Crippen LogP contribution >= 0.6 is 11.3 Å². The summed E-state index contributed by atoms with van der Waals surface area (Å²) in [4.78, 5) is 17.7. The number of thiazole rings is 1. The first kappa shape index (κ1) is 14.4. The van der Waals surface area contributed by atoms with Crippen LogP contribution in [0.2, 0.25) is 0 Å². The molecule has 3 rings (SSSR count). The first-order valence-corrected chi connectivity index (χ1v) is 7.72. The molecule has 6 nitrogen and oxygen atoms in total. The molecule has 0 radical (unpaired) electrons. The van der Waals surface area contributed by atoms with E-state index in [2.05, 4.69) is 15.2 Å². The van der Waals surface area contributed by atoms with E-state index >= 15 is 0 Å². The molecule has 0 bridgehead atoms. The van der Waals surface area contributed by atoms with E-state index in [4.69, 9.17) is 4.74 Å². The van der Waals surface area contributed by atoms with Crippen molar-refractivity contribution in [2.75, 3.05) is 0 Å². The number of aryl methyl sites for hydroxylation is 1. The lowest BCUT2D eigenvalue weighted by atomic mass is 10.3. The molecule has 0 aliphatic rings. The lowest BCUT2D eigenvalue weighted by Gasteiger charge is -2.00. The van der Waals surface area contributed by atoms with Gasteiger partial charge in [0.1, 0.15) is 6.61 Å². The molecule has 0 aliphatic heterocycles. The minimum Gasteiger partial charge on any atom is -0.454 e. The Hall–Kier alpha value is -2.54. The van der Waals surface area contributed by atoms with E-state index in [-0.39, 0.29) is 12.3 Å². The Balaban J connectivity index is 1.64. The molecule has 0 fully saturated rings. The van der Waals surface area contributed by atoms with Crippen LogP contribution in [0.4, 0.5) is 0 Å². The molecule has 0 atom stereocenters. The van der Waals surface area contributed by atoms with Gasteiger partial charge in [-0.3, -0.25) is 0 Å². The van der Waals surface area contributed by atoms with Gasteiger partial charge in [-0.25, -0.2) is 9.78 Å². The lowest BCUT2D eigenvalue weighted by Crippen LogP contribution is -2.07. The maximum absolute atomic E-state index is 12.0. The quantitative estimate of drug-likeness (QED) is 0.677. The molecule has 2 aromatic heterocycles. The molecule has 0 aliphatic carbocycles. The molecule has 3 aromatic rings. The van der Waals surface area contributed by atoms with Crippen LogP contribution in [0.1, 0.15) is 28.1 Å². The van der Waals surface area contributed by atoms with Crippen molar-refractivity contribution in [2.24, 2.45) is 0 Å². The third-order valence-corrected chi connectivity index (χ3v) is 3.98. The fourth-order valence-corrected chi connectivity index (χ4v) is 2.56. The van der Waals surface area contributed by atoms with Gasteiger partial charge in [0.15, 0.2) is 5.69 Å². The topological polar surface area (TPSA) is 69.9 Å². The second kappa shape index (κ2) is 6.48. The number of ether oxygens (including phenoxy) is 1. The summed E-state index contributed by atoms with van der Waals surface area (Å²) < 4.78 is 5.21. The van der Waals surface area contributed by atoms with Crippen molar-refractivity contribution >= 4 is 17.3 Å². The van der Waals surface area contributed by atoms with Crippen molar-refractivity contribution in [1.82, 2.24) is 20.0 Å². The van der Waals surface area contributed by atoms with E-state index in [0.717, 1.165) is 22.8 Å². The van der Waals surface area contributed by atoms with Crippen LogP contribution in [0.15, 0.2) is 41.9 Å². The molecule has 0 amide bonds. The zero-order valence-electron chi connectivity index (χ0n) is 12.0. The fraction of sp³-hybridized carbons (Fsp3) is 0.200. The summed E-state index contributed by atoms with van der Waals surface area (Å²) in [6.45, 7) is 2.18. The van der Waals surface area contributed by atoms with E-state index in [0.29, 0.717) is 0 Å². The van der Waals surface area contributed by atoms with Gasteiger partial charge >= 0.3 is 5.97 Å². The average molecular weight is 314 g/mol. The zero-order valence-corrected chi connectivity index (χ0v) is 12.8. The highest BCUT2D eigenvalue weighted by atomic mass is 32.1.